The van der Waals surface area contributed by atoms with Gasteiger partial charge in [-0.05, 0) is 63.9 Å². The average Bonchev–Trinajstić information content (AvgIpc) is 2.53. The molecule has 0 radical (unpaired) electrons. The third kappa shape index (κ3) is 3.89. The van der Waals surface area contributed by atoms with Crippen molar-refractivity contribution in [3.63, 3.8) is 0 Å². The van der Waals surface area contributed by atoms with Crippen LogP contribution in [0.2, 0.25) is 0 Å². The summed E-state index contributed by atoms with van der Waals surface area (Å²) in [4.78, 5) is 17.2. The highest BCUT2D eigenvalue weighted by molar-refractivity contribution is 5.94. The monoisotopic (exact) mass is 302 g/mol. The van der Waals surface area contributed by atoms with Crippen molar-refractivity contribution in [3.05, 3.63) is 35.4 Å². The number of hydrogen-bond acceptors (Lipinski definition) is 2. The van der Waals surface area contributed by atoms with Crippen LogP contribution in [0.15, 0.2) is 24.3 Å². The van der Waals surface area contributed by atoms with Gasteiger partial charge in [-0.25, -0.2) is 0 Å². The number of benzene rings is 1. The van der Waals surface area contributed by atoms with Crippen molar-refractivity contribution in [2.75, 3.05) is 13.1 Å². The molecular formula is C19H30N2O. The van der Waals surface area contributed by atoms with Crippen LogP contribution in [0.1, 0.15) is 62.9 Å². The Kier molecular flexibility index (Phi) is 6.01. The molecule has 1 aromatic carbocycles. The maximum Gasteiger partial charge on any atom is 0.254 e. The van der Waals surface area contributed by atoms with Gasteiger partial charge in [0.25, 0.3) is 5.91 Å². The summed E-state index contributed by atoms with van der Waals surface area (Å²) in [5, 5.41) is 0. The van der Waals surface area contributed by atoms with Crippen LogP contribution in [0, 0.1) is 0 Å². The second-order valence-corrected chi connectivity index (χ2v) is 6.50. The average molecular weight is 302 g/mol. The molecule has 2 rings (SSSR count). The van der Waals surface area contributed by atoms with Crippen molar-refractivity contribution in [3.8, 4) is 0 Å². The van der Waals surface area contributed by atoms with E-state index in [1.807, 2.05) is 12.1 Å². The summed E-state index contributed by atoms with van der Waals surface area (Å²) in [5.41, 5.74) is 2.10. The molecule has 1 aliphatic rings. The number of rotatable bonds is 5. The van der Waals surface area contributed by atoms with Gasteiger partial charge in [-0.2, -0.15) is 0 Å². The van der Waals surface area contributed by atoms with Gasteiger partial charge in [0.05, 0.1) is 0 Å². The number of likely N-dealkylation sites (tertiary alicyclic amines) is 1. The van der Waals surface area contributed by atoms with Crippen molar-refractivity contribution >= 4 is 5.91 Å². The summed E-state index contributed by atoms with van der Waals surface area (Å²) in [6, 6.07) is 8.90. The minimum atomic E-state index is 0.189. The predicted molar refractivity (Wildman–Crippen MR) is 92.0 cm³/mol. The van der Waals surface area contributed by atoms with E-state index in [1.165, 1.54) is 12.0 Å². The number of amides is 1. The maximum atomic E-state index is 12.8. The molecule has 1 aliphatic heterocycles. The molecule has 2 unspecified atom stereocenters. The number of carbonyl (C=O) groups is 1. The van der Waals surface area contributed by atoms with Crippen LogP contribution in [0.4, 0.5) is 0 Å². The van der Waals surface area contributed by atoms with Crippen molar-refractivity contribution in [1.29, 1.82) is 0 Å². The van der Waals surface area contributed by atoms with Gasteiger partial charge in [0, 0.05) is 24.2 Å². The van der Waals surface area contributed by atoms with E-state index in [0.29, 0.717) is 12.1 Å². The molecule has 1 amide bonds. The Balaban J connectivity index is 2.07. The molecule has 1 fully saturated rings. The van der Waals surface area contributed by atoms with E-state index in [0.717, 1.165) is 38.0 Å². The van der Waals surface area contributed by atoms with E-state index < -0.39 is 0 Å². The van der Waals surface area contributed by atoms with E-state index in [2.05, 4.69) is 49.6 Å². The van der Waals surface area contributed by atoms with E-state index in [-0.39, 0.29) is 5.91 Å². The highest BCUT2D eigenvalue weighted by atomic mass is 16.2. The number of carbonyl (C=O) groups excluding carboxylic acids is 1. The molecule has 1 heterocycles. The molecule has 0 N–H and O–H groups in total. The van der Waals surface area contributed by atoms with Gasteiger partial charge in [0.15, 0.2) is 0 Å². The lowest BCUT2D eigenvalue weighted by molar-refractivity contribution is 0.0511. The van der Waals surface area contributed by atoms with Gasteiger partial charge >= 0.3 is 0 Å². The van der Waals surface area contributed by atoms with Gasteiger partial charge in [-0.15, -0.1) is 0 Å². The van der Waals surface area contributed by atoms with Crippen LogP contribution in [0.5, 0.6) is 0 Å². The molecular weight excluding hydrogens is 272 g/mol. The molecule has 0 bridgehead atoms. The van der Waals surface area contributed by atoms with Crippen LogP contribution in [-0.2, 0) is 6.54 Å². The van der Waals surface area contributed by atoms with Crippen LogP contribution in [0.3, 0.4) is 0 Å². The first-order valence-corrected chi connectivity index (χ1v) is 8.70. The minimum absolute atomic E-state index is 0.189. The predicted octanol–water partition coefficient (Wildman–Crippen LogP) is 3.93. The topological polar surface area (TPSA) is 23.6 Å². The Bertz CT molecular complexity index is 469. The third-order valence-corrected chi connectivity index (χ3v) is 4.93. The quantitative estimate of drug-likeness (QED) is 0.822. The fourth-order valence-electron chi connectivity index (χ4n) is 3.43. The Morgan fingerprint density at radius 3 is 2.14 bits per heavy atom. The van der Waals surface area contributed by atoms with Crippen LogP contribution < -0.4 is 0 Å². The summed E-state index contributed by atoms with van der Waals surface area (Å²) >= 11 is 0. The second-order valence-electron chi connectivity index (χ2n) is 6.50. The van der Waals surface area contributed by atoms with Gasteiger partial charge in [-0.1, -0.05) is 26.0 Å². The fourth-order valence-corrected chi connectivity index (χ4v) is 3.43. The molecule has 3 heteroatoms. The highest BCUT2D eigenvalue weighted by Gasteiger charge is 2.29. The first kappa shape index (κ1) is 17.0. The first-order chi connectivity index (χ1) is 10.6. The zero-order valence-electron chi connectivity index (χ0n) is 14.5. The zero-order chi connectivity index (χ0) is 16.1. The lowest BCUT2D eigenvalue weighted by Crippen LogP contribution is -2.47. The third-order valence-electron chi connectivity index (χ3n) is 4.93. The maximum absolute atomic E-state index is 12.8. The highest BCUT2D eigenvalue weighted by Crippen LogP contribution is 2.24. The zero-order valence-corrected chi connectivity index (χ0v) is 14.5. The lowest BCUT2D eigenvalue weighted by Gasteiger charge is -2.39. The first-order valence-electron chi connectivity index (χ1n) is 8.70. The van der Waals surface area contributed by atoms with Crippen molar-refractivity contribution in [2.45, 2.75) is 65.6 Å². The standard InChI is InChI=1S/C19H30N2O/c1-5-20(6-2)14-17-10-12-18(13-11-17)19(22)21-15(3)8-7-9-16(21)4/h10-13,15-16H,5-9,14H2,1-4H3. The SMILES string of the molecule is CCN(CC)Cc1ccc(C(=O)N2C(C)CCCC2C)cc1. The van der Waals surface area contributed by atoms with Crippen molar-refractivity contribution in [2.24, 2.45) is 0 Å². The minimum Gasteiger partial charge on any atom is -0.333 e. The normalized spacial score (nSPS) is 22.1. The molecule has 1 aromatic rings. The van der Waals surface area contributed by atoms with Gasteiger partial charge < -0.3 is 4.90 Å². The van der Waals surface area contributed by atoms with E-state index >= 15 is 0 Å². The summed E-state index contributed by atoms with van der Waals surface area (Å²) in [6.07, 6.45) is 3.47. The lowest BCUT2D eigenvalue weighted by atomic mass is 9.96. The Morgan fingerprint density at radius 2 is 1.64 bits per heavy atom. The van der Waals surface area contributed by atoms with E-state index in [1.54, 1.807) is 0 Å². The second kappa shape index (κ2) is 7.77. The fraction of sp³-hybridized carbons (Fsp3) is 0.632. The molecule has 122 valence electrons. The van der Waals surface area contributed by atoms with Crippen molar-refractivity contribution in [1.82, 2.24) is 9.80 Å². The van der Waals surface area contributed by atoms with Crippen LogP contribution in [-0.4, -0.2) is 40.9 Å². The largest absolute Gasteiger partial charge is 0.333 e. The van der Waals surface area contributed by atoms with Crippen molar-refractivity contribution < 1.29 is 4.79 Å². The molecule has 0 saturated carbocycles. The smallest absolute Gasteiger partial charge is 0.254 e. The Morgan fingerprint density at radius 1 is 1.09 bits per heavy atom. The molecule has 3 nitrogen and oxygen atoms in total. The molecule has 0 spiro atoms. The number of hydrogen-bond donors (Lipinski definition) is 0. The van der Waals surface area contributed by atoms with Gasteiger partial charge in [-0.3, -0.25) is 9.69 Å². The summed E-state index contributed by atoms with van der Waals surface area (Å²) in [6.45, 7) is 11.8. The summed E-state index contributed by atoms with van der Waals surface area (Å²) < 4.78 is 0. The molecule has 22 heavy (non-hydrogen) atoms. The van der Waals surface area contributed by atoms with Gasteiger partial charge in [0.2, 0.25) is 0 Å². The Labute approximate surface area is 135 Å². The molecule has 2 atom stereocenters. The van der Waals surface area contributed by atoms with E-state index in [9.17, 15) is 4.79 Å². The summed E-state index contributed by atoms with van der Waals surface area (Å²) in [7, 11) is 0. The Hall–Kier alpha value is -1.35. The van der Waals surface area contributed by atoms with Crippen LogP contribution in [0.25, 0.3) is 0 Å². The molecule has 0 aromatic heterocycles. The molecule has 1 saturated heterocycles. The van der Waals surface area contributed by atoms with Gasteiger partial charge in [0.1, 0.15) is 0 Å². The van der Waals surface area contributed by atoms with E-state index in [4.69, 9.17) is 0 Å². The summed E-state index contributed by atoms with van der Waals surface area (Å²) in [5.74, 6) is 0.189. The number of piperidine rings is 1. The van der Waals surface area contributed by atoms with Crippen LogP contribution >= 0.6 is 0 Å². The molecule has 0 aliphatic carbocycles. The number of nitrogens with zero attached hydrogens (tertiary/aromatic N) is 2.